The van der Waals surface area contributed by atoms with E-state index in [2.05, 4.69) is 21.2 Å². The van der Waals surface area contributed by atoms with E-state index >= 15 is 0 Å². The van der Waals surface area contributed by atoms with Crippen molar-refractivity contribution in [3.05, 3.63) is 45.7 Å². The molecule has 0 aliphatic rings. The molecule has 1 heterocycles. The van der Waals surface area contributed by atoms with Crippen molar-refractivity contribution in [3.63, 3.8) is 0 Å². The lowest BCUT2D eigenvalue weighted by Gasteiger charge is -2.08. The van der Waals surface area contributed by atoms with Gasteiger partial charge in [-0.25, -0.2) is 4.79 Å². The second-order valence-corrected chi connectivity index (χ2v) is 6.90. The standard InChI is InChI=1S/C13H10BrNO3S2/c14-8-3-4-9(13(17)18)10(6-8)15-11(16)7-20-12-2-1-5-19-12/h1-6H,7H2,(H,15,16)(H,17,18). The summed E-state index contributed by atoms with van der Waals surface area (Å²) in [5.74, 6) is -1.06. The molecule has 7 heteroatoms. The number of hydrogen-bond acceptors (Lipinski definition) is 4. The van der Waals surface area contributed by atoms with E-state index in [4.69, 9.17) is 5.11 Å². The van der Waals surface area contributed by atoms with Crippen LogP contribution in [0.5, 0.6) is 0 Å². The number of aromatic carboxylic acids is 1. The summed E-state index contributed by atoms with van der Waals surface area (Å²) < 4.78 is 1.76. The van der Waals surface area contributed by atoms with Crippen LogP contribution in [0.15, 0.2) is 44.4 Å². The van der Waals surface area contributed by atoms with E-state index in [0.29, 0.717) is 10.2 Å². The van der Waals surface area contributed by atoms with Crippen molar-refractivity contribution in [3.8, 4) is 0 Å². The van der Waals surface area contributed by atoms with Crippen molar-refractivity contribution in [2.75, 3.05) is 11.1 Å². The zero-order chi connectivity index (χ0) is 14.5. The van der Waals surface area contributed by atoms with Crippen LogP contribution in [0.25, 0.3) is 0 Å². The summed E-state index contributed by atoms with van der Waals surface area (Å²) in [5.41, 5.74) is 0.367. The Labute approximate surface area is 132 Å². The van der Waals surface area contributed by atoms with Crippen molar-refractivity contribution in [1.29, 1.82) is 0 Å². The first-order chi connectivity index (χ1) is 9.56. The van der Waals surface area contributed by atoms with Gasteiger partial charge in [-0.3, -0.25) is 4.79 Å². The van der Waals surface area contributed by atoms with Gasteiger partial charge in [0.1, 0.15) is 0 Å². The highest BCUT2D eigenvalue weighted by Gasteiger charge is 2.13. The number of carboxylic acids is 1. The van der Waals surface area contributed by atoms with E-state index in [-0.39, 0.29) is 17.2 Å². The zero-order valence-electron chi connectivity index (χ0n) is 10.1. The molecule has 20 heavy (non-hydrogen) atoms. The molecule has 2 aromatic rings. The van der Waals surface area contributed by atoms with Gasteiger partial charge in [-0.05, 0) is 29.6 Å². The van der Waals surface area contributed by atoms with Crippen LogP contribution in [0.2, 0.25) is 0 Å². The normalized spacial score (nSPS) is 10.2. The largest absolute Gasteiger partial charge is 0.478 e. The minimum absolute atomic E-state index is 0.0719. The fourth-order valence-electron chi connectivity index (χ4n) is 1.47. The number of benzene rings is 1. The highest BCUT2D eigenvalue weighted by molar-refractivity contribution is 9.10. The number of carbonyl (C=O) groups is 2. The minimum atomic E-state index is -1.07. The highest BCUT2D eigenvalue weighted by Crippen LogP contribution is 2.25. The first kappa shape index (κ1) is 15.1. The van der Waals surface area contributed by atoms with E-state index in [1.807, 2.05) is 17.5 Å². The Morgan fingerprint density at radius 3 is 2.80 bits per heavy atom. The molecule has 2 rings (SSSR count). The van der Waals surface area contributed by atoms with Crippen LogP contribution in [-0.2, 0) is 4.79 Å². The minimum Gasteiger partial charge on any atom is -0.478 e. The third-order valence-corrected chi connectivity index (χ3v) is 4.95. The molecule has 1 aromatic carbocycles. The first-order valence-corrected chi connectivity index (χ1v) is 8.21. The summed E-state index contributed by atoms with van der Waals surface area (Å²) in [5, 5.41) is 13.7. The molecule has 0 atom stereocenters. The topological polar surface area (TPSA) is 66.4 Å². The molecular weight excluding hydrogens is 362 g/mol. The van der Waals surface area contributed by atoms with Crippen LogP contribution in [0.4, 0.5) is 5.69 Å². The Morgan fingerprint density at radius 2 is 2.15 bits per heavy atom. The van der Waals surface area contributed by atoms with Gasteiger partial charge < -0.3 is 10.4 Å². The lowest BCUT2D eigenvalue weighted by atomic mass is 10.2. The first-order valence-electron chi connectivity index (χ1n) is 5.55. The molecule has 0 bridgehead atoms. The molecule has 1 aromatic heterocycles. The summed E-state index contributed by atoms with van der Waals surface area (Å²) in [6, 6.07) is 8.51. The SMILES string of the molecule is O=C(CSc1cccs1)Nc1cc(Br)ccc1C(=O)O. The predicted molar refractivity (Wildman–Crippen MR) is 84.8 cm³/mol. The molecule has 4 nitrogen and oxygen atoms in total. The van der Waals surface area contributed by atoms with Crippen LogP contribution in [-0.4, -0.2) is 22.7 Å². The van der Waals surface area contributed by atoms with E-state index in [1.54, 1.807) is 23.5 Å². The van der Waals surface area contributed by atoms with Gasteiger partial charge in [-0.1, -0.05) is 22.0 Å². The van der Waals surface area contributed by atoms with Crippen LogP contribution < -0.4 is 5.32 Å². The van der Waals surface area contributed by atoms with Gasteiger partial charge in [0.25, 0.3) is 0 Å². The smallest absolute Gasteiger partial charge is 0.337 e. The number of carboxylic acid groups (broad SMARTS) is 1. The van der Waals surface area contributed by atoms with Gasteiger partial charge in [-0.15, -0.1) is 23.1 Å². The van der Waals surface area contributed by atoms with Crippen molar-refractivity contribution in [2.45, 2.75) is 4.21 Å². The van der Waals surface area contributed by atoms with Gasteiger partial charge in [0.15, 0.2) is 0 Å². The molecule has 1 amide bonds. The average Bonchev–Trinajstić information content (AvgIpc) is 2.89. The monoisotopic (exact) mass is 371 g/mol. The molecule has 104 valence electrons. The number of rotatable bonds is 5. The van der Waals surface area contributed by atoms with Crippen molar-refractivity contribution >= 4 is 56.6 Å². The number of hydrogen-bond donors (Lipinski definition) is 2. The van der Waals surface area contributed by atoms with Crippen LogP contribution >= 0.6 is 39.0 Å². The third kappa shape index (κ3) is 4.09. The number of halogens is 1. The number of thiophene rings is 1. The molecule has 0 fully saturated rings. The van der Waals surface area contributed by atoms with Crippen LogP contribution in [0.1, 0.15) is 10.4 Å². The summed E-state index contributed by atoms with van der Waals surface area (Å²) in [4.78, 5) is 22.9. The average molecular weight is 372 g/mol. The molecule has 0 aliphatic carbocycles. The molecular formula is C13H10BrNO3S2. The summed E-state index contributed by atoms with van der Waals surface area (Å²) in [6.07, 6.45) is 0. The van der Waals surface area contributed by atoms with Crippen molar-refractivity contribution in [1.82, 2.24) is 0 Å². The third-order valence-electron chi connectivity index (χ3n) is 2.33. The number of amides is 1. The molecule has 0 spiro atoms. The lowest BCUT2D eigenvalue weighted by Crippen LogP contribution is -2.16. The number of anilines is 1. The molecule has 0 unspecified atom stereocenters. The second kappa shape index (κ2) is 6.92. The van der Waals surface area contributed by atoms with Gasteiger partial charge in [0, 0.05) is 4.47 Å². The van der Waals surface area contributed by atoms with Gasteiger partial charge >= 0.3 is 5.97 Å². The van der Waals surface area contributed by atoms with Crippen molar-refractivity contribution < 1.29 is 14.7 Å². The van der Waals surface area contributed by atoms with Gasteiger partial charge in [0.2, 0.25) is 5.91 Å². The molecule has 0 aliphatic heterocycles. The van der Waals surface area contributed by atoms with Crippen LogP contribution in [0.3, 0.4) is 0 Å². The maximum atomic E-state index is 11.9. The number of carbonyl (C=O) groups excluding carboxylic acids is 1. The van der Waals surface area contributed by atoms with E-state index in [9.17, 15) is 9.59 Å². The lowest BCUT2D eigenvalue weighted by molar-refractivity contribution is -0.113. The fraction of sp³-hybridized carbons (Fsp3) is 0.0769. The summed E-state index contributed by atoms with van der Waals surface area (Å²) in [7, 11) is 0. The second-order valence-electron chi connectivity index (χ2n) is 3.76. The Bertz CT molecular complexity index is 629. The quantitative estimate of drug-likeness (QED) is 0.781. The Hall–Kier alpha value is -1.31. The van der Waals surface area contributed by atoms with Gasteiger partial charge in [-0.2, -0.15) is 0 Å². The maximum absolute atomic E-state index is 11.9. The fourth-order valence-corrected chi connectivity index (χ4v) is 3.42. The van der Waals surface area contributed by atoms with Gasteiger partial charge in [0.05, 0.1) is 21.2 Å². The van der Waals surface area contributed by atoms with E-state index < -0.39 is 5.97 Å². The summed E-state index contributed by atoms with van der Waals surface area (Å²) >= 11 is 6.24. The Balaban J connectivity index is 2.03. The van der Waals surface area contributed by atoms with Crippen molar-refractivity contribution in [2.24, 2.45) is 0 Å². The van der Waals surface area contributed by atoms with E-state index in [0.717, 1.165) is 4.21 Å². The number of nitrogens with one attached hydrogen (secondary N) is 1. The highest BCUT2D eigenvalue weighted by atomic mass is 79.9. The maximum Gasteiger partial charge on any atom is 0.337 e. The van der Waals surface area contributed by atoms with E-state index in [1.165, 1.54) is 17.8 Å². The summed E-state index contributed by atoms with van der Waals surface area (Å²) in [6.45, 7) is 0. The Kier molecular flexibility index (Phi) is 5.22. The Morgan fingerprint density at radius 1 is 1.35 bits per heavy atom. The molecule has 0 saturated heterocycles. The molecule has 2 N–H and O–H groups in total. The number of thioether (sulfide) groups is 1. The predicted octanol–water partition coefficient (Wildman–Crippen LogP) is 3.94. The molecule has 0 radical (unpaired) electrons. The van der Waals surface area contributed by atoms with Crippen LogP contribution in [0, 0.1) is 0 Å². The molecule has 0 saturated carbocycles. The zero-order valence-corrected chi connectivity index (χ0v) is 13.3.